The number of fused-ring (bicyclic) bond motifs is 1. The van der Waals surface area contributed by atoms with Gasteiger partial charge in [0, 0.05) is 23.9 Å². The Hall–Kier alpha value is -0.890. The first-order valence-corrected chi connectivity index (χ1v) is 8.57. The lowest BCUT2D eigenvalue weighted by molar-refractivity contribution is 0.210. The Morgan fingerprint density at radius 1 is 1.20 bits per heavy atom. The Balaban J connectivity index is 1.80. The highest BCUT2D eigenvalue weighted by molar-refractivity contribution is 5.27. The van der Waals surface area contributed by atoms with Crippen LogP contribution in [0.25, 0.3) is 0 Å². The molecule has 2 aliphatic rings. The Labute approximate surface area is 123 Å². The molecule has 0 aliphatic heterocycles. The van der Waals surface area contributed by atoms with Gasteiger partial charge in [-0.15, -0.1) is 0 Å². The average Bonchev–Trinajstić information content (AvgIpc) is 2.53. The van der Waals surface area contributed by atoms with Gasteiger partial charge in [-0.3, -0.25) is 4.98 Å². The third-order valence-corrected chi connectivity index (χ3v) is 5.23. The third-order valence-electron chi connectivity index (χ3n) is 5.23. The lowest BCUT2D eigenvalue weighted by Crippen LogP contribution is -2.42. The van der Waals surface area contributed by atoms with Gasteiger partial charge >= 0.3 is 0 Å². The smallest absolute Gasteiger partial charge is 0.0469 e. The minimum atomic E-state index is 0.703. The zero-order valence-corrected chi connectivity index (χ0v) is 12.8. The van der Waals surface area contributed by atoms with Crippen LogP contribution >= 0.6 is 0 Å². The Kier molecular flexibility index (Phi) is 4.72. The molecular weight excluding hydrogens is 244 g/mol. The molecule has 1 aromatic rings. The molecular formula is C18H28N2. The molecule has 0 amide bonds. The summed E-state index contributed by atoms with van der Waals surface area (Å²) in [6, 6.07) is 5.13. The Morgan fingerprint density at radius 3 is 3.00 bits per heavy atom. The number of nitrogens with zero attached hydrogens (tertiary/aromatic N) is 1. The summed E-state index contributed by atoms with van der Waals surface area (Å²) in [5.41, 5.74) is 2.94. The average molecular weight is 272 g/mol. The van der Waals surface area contributed by atoms with Crippen molar-refractivity contribution in [3.8, 4) is 0 Å². The van der Waals surface area contributed by atoms with E-state index in [2.05, 4.69) is 24.4 Å². The van der Waals surface area contributed by atoms with Crippen molar-refractivity contribution in [2.75, 3.05) is 6.54 Å². The normalized spacial score (nSPS) is 29.9. The maximum atomic E-state index is 4.76. The maximum Gasteiger partial charge on any atom is 0.0469 e. The summed E-state index contributed by atoms with van der Waals surface area (Å²) in [7, 11) is 0. The van der Waals surface area contributed by atoms with Gasteiger partial charge in [-0.1, -0.05) is 25.8 Å². The largest absolute Gasteiger partial charge is 0.314 e. The van der Waals surface area contributed by atoms with Crippen LogP contribution in [0.2, 0.25) is 0 Å². The van der Waals surface area contributed by atoms with Crippen LogP contribution in [0.3, 0.4) is 0 Å². The van der Waals surface area contributed by atoms with Crippen molar-refractivity contribution in [1.29, 1.82) is 0 Å². The molecule has 1 saturated carbocycles. The van der Waals surface area contributed by atoms with E-state index in [9.17, 15) is 0 Å². The second kappa shape index (κ2) is 6.71. The van der Waals surface area contributed by atoms with Gasteiger partial charge in [0.25, 0.3) is 0 Å². The van der Waals surface area contributed by atoms with Gasteiger partial charge in [0.05, 0.1) is 0 Å². The van der Waals surface area contributed by atoms with E-state index in [0.717, 1.165) is 12.0 Å². The van der Waals surface area contributed by atoms with Crippen LogP contribution < -0.4 is 5.32 Å². The van der Waals surface area contributed by atoms with Crippen LogP contribution in [0.15, 0.2) is 18.3 Å². The highest BCUT2D eigenvalue weighted by atomic mass is 14.9. The molecule has 3 rings (SSSR count). The highest BCUT2D eigenvalue weighted by Crippen LogP contribution is 2.42. The van der Waals surface area contributed by atoms with E-state index < -0.39 is 0 Å². The Morgan fingerprint density at radius 2 is 2.10 bits per heavy atom. The van der Waals surface area contributed by atoms with Crippen LogP contribution in [-0.2, 0) is 6.42 Å². The minimum absolute atomic E-state index is 0.703. The molecule has 0 spiro atoms. The van der Waals surface area contributed by atoms with Gasteiger partial charge in [-0.25, -0.2) is 0 Å². The summed E-state index contributed by atoms with van der Waals surface area (Å²) in [5, 5.41) is 3.82. The molecule has 2 aliphatic carbocycles. The van der Waals surface area contributed by atoms with Gasteiger partial charge in [-0.05, 0) is 62.6 Å². The van der Waals surface area contributed by atoms with Crippen LogP contribution in [0.1, 0.15) is 69.0 Å². The minimum Gasteiger partial charge on any atom is -0.314 e. The number of aromatic nitrogens is 1. The predicted octanol–water partition coefficient (Wildman–Crippen LogP) is 4.06. The van der Waals surface area contributed by atoms with E-state index >= 15 is 0 Å². The fraction of sp³-hybridized carbons (Fsp3) is 0.722. The molecule has 0 aromatic carbocycles. The molecule has 20 heavy (non-hydrogen) atoms. The first kappa shape index (κ1) is 14.1. The molecule has 2 nitrogen and oxygen atoms in total. The van der Waals surface area contributed by atoms with Crippen molar-refractivity contribution in [2.24, 2.45) is 5.92 Å². The molecule has 1 N–H and O–H groups in total. The number of rotatable bonds is 4. The van der Waals surface area contributed by atoms with Crippen molar-refractivity contribution in [2.45, 2.75) is 70.3 Å². The second-order valence-electron chi connectivity index (χ2n) is 6.56. The monoisotopic (exact) mass is 272 g/mol. The zero-order chi connectivity index (χ0) is 13.8. The van der Waals surface area contributed by atoms with Gasteiger partial charge in [0.2, 0.25) is 0 Å². The zero-order valence-electron chi connectivity index (χ0n) is 12.8. The molecule has 1 fully saturated rings. The van der Waals surface area contributed by atoms with Crippen molar-refractivity contribution >= 4 is 0 Å². The first-order valence-electron chi connectivity index (χ1n) is 8.57. The van der Waals surface area contributed by atoms with Crippen LogP contribution in [0, 0.1) is 5.92 Å². The van der Waals surface area contributed by atoms with Crippen molar-refractivity contribution < 1.29 is 0 Å². The van der Waals surface area contributed by atoms with Gasteiger partial charge in [0.15, 0.2) is 0 Å². The fourth-order valence-electron chi connectivity index (χ4n) is 4.29. The van der Waals surface area contributed by atoms with Crippen molar-refractivity contribution in [3.05, 3.63) is 29.6 Å². The maximum absolute atomic E-state index is 4.76. The van der Waals surface area contributed by atoms with Crippen LogP contribution in [0.4, 0.5) is 0 Å². The molecule has 3 atom stereocenters. The molecule has 0 radical (unpaired) electrons. The van der Waals surface area contributed by atoms with Crippen molar-refractivity contribution in [3.63, 3.8) is 0 Å². The number of hydrogen-bond acceptors (Lipinski definition) is 2. The molecule has 1 heterocycles. The van der Waals surface area contributed by atoms with Crippen LogP contribution in [0.5, 0.6) is 0 Å². The van der Waals surface area contributed by atoms with E-state index in [0.29, 0.717) is 5.92 Å². The highest BCUT2D eigenvalue weighted by Gasteiger charge is 2.35. The molecule has 1 aromatic heterocycles. The molecule has 0 bridgehead atoms. The van der Waals surface area contributed by atoms with E-state index in [1.54, 1.807) is 0 Å². The fourth-order valence-corrected chi connectivity index (χ4v) is 4.29. The molecule has 2 heteroatoms. The third kappa shape index (κ3) is 2.90. The molecule has 110 valence electrons. The number of nitrogens with one attached hydrogen (secondary N) is 1. The summed E-state index contributed by atoms with van der Waals surface area (Å²) in [4.78, 5) is 4.76. The molecule has 0 saturated heterocycles. The van der Waals surface area contributed by atoms with E-state index in [4.69, 9.17) is 4.98 Å². The number of pyridine rings is 1. The number of hydrogen-bond donors (Lipinski definition) is 1. The topological polar surface area (TPSA) is 24.9 Å². The Bertz CT molecular complexity index is 429. The van der Waals surface area contributed by atoms with E-state index in [-0.39, 0.29) is 0 Å². The summed E-state index contributed by atoms with van der Waals surface area (Å²) >= 11 is 0. The van der Waals surface area contributed by atoms with Gasteiger partial charge in [-0.2, -0.15) is 0 Å². The molecule has 3 unspecified atom stereocenters. The quantitative estimate of drug-likeness (QED) is 0.894. The van der Waals surface area contributed by atoms with Crippen molar-refractivity contribution in [1.82, 2.24) is 10.3 Å². The standard InChI is InChI=1S/C18H28N2/c1-2-12-19-17-11-4-3-9-15(17)16-10-5-7-14-8-6-13-20-18(14)16/h6,8,13,15-17,19H,2-5,7,9-12H2,1H3. The number of aryl methyl sites for hydroxylation is 1. The van der Waals surface area contributed by atoms with Crippen LogP contribution in [-0.4, -0.2) is 17.6 Å². The van der Waals surface area contributed by atoms with E-state index in [1.165, 1.54) is 69.2 Å². The van der Waals surface area contributed by atoms with Gasteiger partial charge in [0.1, 0.15) is 0 Å². The van der Waals surface area contributed by atoms with E-state index in [1.807, 2.05) is 6.20 Å². The summed E-state index contributed by atoms with van der Waals surface area (Å²) in [5.74, 6) is 1.51. The summed E-state index contributed by atoms with van der Waals surface area (Å²) < 4.78 is 0. The lowest BCUT2D eigenvalue weighted by Gasteiger charge is -2.39. The lowest BCUT2D eigenvalue weighted by atomic mass is 9.70. The summed E-state index contributed by atoms with van der Waals surface area (Å²) in [6.07, 6.45) is 12.7. The van der Waals surface area contributed by atoms with Gasteiger partial charge < -0.3 is 5.32 Å². The first-order chi connectivity index (χ1) is 9.90. The SMILES string of the molecule is CCCNC1CCCCC1C1CCCc2cccnc21. The predicted molar refractivity (Wildman–Crippen MR) is 84.0 cm³/mol. The summed E-state index contributed by atoms with van der Waals surface area (Å²) in [6.45, 7) is 3.44. The second-order valence-corrected chi connectivity index (χ2v) is 6.56.